The number of nitrogens with zero attached hydrogens (tertiary/aromatic N) is 1. The maximum Gasteiger partial charge on any atom is 0.142 e. The van der Waals surface area contributed by atoms with Crippen LogP contribution in [0.25, 0.3) is 0 Å². The number of hydrogen-bond acceptors (Lipinski definition) is 5. The Morgan fingerprint density at radius 2 is 2.15 bits per heavy atom. The molecule has 1 fully saturated rings. The maximum absolute atomic E-state index is 10.1. The molecule has 0 aromatic heterocycles. The van der Waals surface area contributed by atoms with Gasteiger partial charge in [0.05, 0.1) is 12.3 Å². The van der Waals surface area contributed by atoms with Crippen molar-refractivity contribution in [3.8, 4) is 5.75 Å². The average Bonchev–Trinajstić information content (AvgIpc) is 3.27. The van der Waals surface area contributed by atoms with Gasteiger partial charge in [0, 0.05) is 26.2 Å². The van der Waals surface area contributed by atoms with Gasteiger partial charge in [-0.1, -0.05) is 12.1 Å². The zero-order chi connectivity index (χ0) is 14.4. The summed E-state index contributed by atoms with van der Waals surface area (Å²) in [6, 6.07) is 7.93. The Bertz CT molecular complexity index is 410. The van der Waals surface area contributed by atoms with Gasteiger partial charge in [0.2, 0.25) is 0 Å². The highest BCUT2D eigenvalue weighted by Crippen LogP contribution is 2.26. The van der Waals surface area contributed by atoms with Gasteiger partial charge < -0.3 is 20.3 Å². The van der Waals surface area contributed by atoms with Crippen LogP contribution < -0.4 is 10.5 Å². The molecule has 5 heteroatoms. The van der Waals surface area contributed by atoms with Gasteiger partial charge in [-0.05, 0) is 25.0 Å². The van der Waals surface area contributed by atoms with Crippen molar-refractivity contribution in [1.82, 2.24) is 4.90 Å². The lowest BCUT2D eigenvalue weighted by Gasteiger charge is -2.24. The number of aliphatic hydroxyl groups is 1. The van der Waals surface area contributed by atoms with E-state index >= 15 is 0 Å². The van der Waals surface area contributed by atoms with E-state index in [1.165, 1.54) is 12.8 Å². The van der Waals surface area contributed by atoms with Crippen molar-refractivity contribution in [3.63, 3.8) is 0 Å². The summed E-state index contributed by atoms with van der Waals surface area (Å²) in [5, 5.41) is 10.1. The normalized spacial score (nSPS) is 16.4. The van der Waals surface area contributed by atoms with Crippen molar-refractivity contribution in [3.05, 3.63) is 24.3 Å². The number of rotatable bonds is 9. The Balaban J connectivity index is 1.76. The number of ether oxygens (including phenoxy) is 2. The van der Waals surface area contributed by atoms with E-state index in [0.717, 1.165) is 6.54 Å². The first-order valence-corrected chi connectivity index (χ1v) is 7.09. The number of benzene rings is 1. The number of para-hydroxylation sites is 2. The van der Waals surface area contributed by atoms with Gasteiger partial charge in [0.15, 0.2) is 0 Å². The standard InChI is InChI=1S/C15H24N2O3/c1-19-9-8-17(12-6-7-12)10-13(18)11-20-15-5-3-2-4-14(15)16/h2-5,12-13,18H,6-11,16H2,1H3. The van der Waals surface area contributed by atoms with E-state index in [2.05, 4.69) is 4.90 Å². The van der Waals surface area contributed by atoms with Gasteiger partial charge >= 0.3 is 0 Å². The Labute approximate surface area is 120 Å². The fourth-order valence-corrected chi connectivity index (χ4v) is 2.19. The van der Waals surface area contributed by atoms with Crippen LogP contribution >= 0.6 is 0 Å². The second-order valence-electron chi connectivity index (χ2n) is 5.22. The molecule has 1 aromatic rings. The van der Waals surface area contributed by atoms with E-state index in [9.17, 15) is 5.11 Å². The third kappa shape index (κ3) is 4.67. The Hall–Kier alpha value is -1.30. The van der Waals surface area contributed by atoms with Gasteiger partial charge in [-0.25, -0.2) is 0 Å². The molecule has 1 saturated carbocycles. The van der Waals surface area contributed by atoms with Crippen molar-refractivity contribution in [2.45, 2.75) is 25.0 Å². The minimum atomic E-state index is -0.521. The Kier molecular flexibility index (Phi) is 5.64. The largest absolute Gasteiger partial charge is 0.489 e. The second-order valence-corrected chi connectivity index (χ2v) is 5.22. The van der Waals surface area contributed by atoms with Crippen LogP contribution in [0.4, 0.5) is 5.69 Å². The molecule has 2 rings (SSSR count). The molecule has 1 unspecified atom stereocenters. The first kappa shape index (κ1) is 15.1. The van der Waals surface area contributed by atoms with E-state index in [1.807, 2.05) is 18.2 Å². The molecule has 1 aliphatic rings. The average molecular weight is 280 g/mol. The predicted molar refractivity (Wildman–Crippen MR) is 78.8 cm³/mol. The van der Waals surface area contributed by atoms with E-state index in [-0.39, 0.29) is 6.61 Å². The third-order valence-corrected chi connectivity index (χ3v) is 3.44. The summed E-state index contributed by atoms with van der Waals surface area (Å²) in [5.41, 5.74) is 6.39. The zero-order valence-corrected chi connectivity index (χ0v) is 12.0. The van der Waals surface area contributed by atoms with Crippen LogP contribution in [-0.2, 0) is 4.74 Å². The number of nitrogen functional groups attached to an aromatic ring is 1. The van der Waals surface area contributed by atoms with Crippen LogP contribution in [0.2, 0.25) is 0 Å². The van der Waals surface area contributed by atoms with Gasteiger partial charge in [-0.2, -0.15) is 0 Å². The Morgan fingerprint density at radius 3 is 2.80 bits per heavy atom. The summed E-state index contributed by atoms with van der Waals surface area (Å²) in [6.45, 7) is 2.41. The highest BCUT2D eigenvalue weighted by molar-refractivity contribution is 5.51. The van der Waals surface area contributed by atoms with E-state index in [1.54, 1.807) is 13.2 Å². The molecular formula is C15H24N2O3. The van der Waals surface area contributed by atoms with Crippen molar-refractivity contribution in [2.75, 3.05) is 39.1 Å². The van der Waals surface area contributed by atoms with Crippen LogP contribution in [0.15, 0.2) is 24.3 Å². The van der Waals surface area contributed by atoms with Crippen LogP contribution in [0, 0.1) is 0 Å². The molecule has 5 nitrogen and oxygen atoms in total. The van der Waals surface area contributed by atoms with Gasteiger partial charge in [-0.3, -0.25) is 4.90 Å². The molecule has 1 aromatic carbocycles. The molecule has 0 aliphatic heterocycles. The lowest BCUT2D eigenvalue weighted by Crippen LogP contribution is -2.39. The molecule has 0 spiro atoms. The molecule has 112 valence electrons. The fraction of sp³-hybridized carbons (Fsp3) is 0.600. The molecular weight excluding hydrogens is 256 g/mol. The van der Waals surface area contributed by atoms with Crippen molar-refractivity contribution in [2.24, 2.45) is 0 Å². The van der Waals surface area contributed by atoms with Crippen LogP contribution in [0.3, 0.4) is 0 Å². The molecule has 0 saturated heterocycles. The first-order valence-electron chi connectivity index (χ1n) is 7.09. The van der Waals surface area contributed by atoms with Crippen molar-refractivity contribution >= 4 is 5.69 Å². The lowest BCUT2D eigenvalue weighted by molar-refractivity contribution is 0.0542. The minimum Gasteiger partial charge on any atom is -0.489 e. The topological polar surface area (TPSA) is 68.0 Å². The summed E-state index contributed by atoms with van der Waals surface area (Å²) in [5.74, 6) is 0.626. The SMILES string of the molecule is COCCN(CC(O)COc1ccccc1N)C1CC1. The Morgan fingerprint density at radius 1 is 1.40 bits per heavy atom. The molecule has 1 atom stereocenters. The van der Waals surface area contributed by atoms with Gasteiger partial charge in [0.1, 0.15) is 18.5 Å². The number of methoxy groups -OCH3 is 1. The molecule has 0 radical (unpaired) electrons. The quantitative estimate of drug-likeness (QED) is 0.663. The number of nitrogens with two attached hydrogens (primary N) is 1. The number of hydrogen-bond donors (Lipinski definition) is 2. The van der Waals surface area contributed by atoms with E-state index in [4.69, 9.17) is 15.2 Å². The minimum absolute atomic E-state index is 0.254. The number of anilines is 1. The zero-order valence-electron chi connectivity index (χ0n) is 12.0. The highest BCUT2D eigenvalue weighted by atomic mass is 16.5. The van der Waals surface area contributed by atoms with E-state index in [0.29, 0.717) is 30.6 Å². The van der Waals surface area contributed by atoms with Crippen LogP contribution in [0.5, 0.6) is 5.75 Å². The summed E-state index contributed by atoms with van der Waals surface area (Å²) in [7, 11) is 1.70. The predicted octanol–water partition coefficient (Wildman–Crippen LogP) is 1.12. The monoisotopic (exact) mass is 280 g/mol. The van der Waals surface area contributed by atoms with Crippen molar-refractivity contribution in [1.29, 1.82) is 0 Å². The van der Waals surface area contributed by atoms with Gasteiger partial charge in [-0.15, -0.1) is 0 Å². The highest BCUT2D eigenvalue weighted by Gasteiger charge is 2.29. The second kappa shape index (κ2) is 7.47. The smallest absolute Gasteiger partial charge is 0.142 e. The van der Waals surface area contributed by atoms with Crippen LogP contribution in [0.1, 0.15) is 12.8 Å². The van der Waals surface area contributed by atoms with Crippen LogP contribution in [-0.4, -0.2) is 55.6 Å². The lowest BCUT2D eigenvalue weighted by atomic mass is 10.3. The molecule has 0 bridgehead atoms. The third-order valence-electron chi connectivity index (χ3n) is 3.44. The molecule has 1 aliphatic carbocycles. The summed E-state index contributed by atoms with van der Waals surface area (Å²) in [6.07, 6.45) is 1.90. The molecule has 3 N–H and O–H groups in total. The van der Waals surface area contributed by atoms with E-state index < -0.39 is 6.10 Å². The number of aliphatic hydroxyl groups excluding tert-OH is 1. The summed E-state index contributed by atoms with van der Waals surface area (Å²) >= 11 is 0. The molecule has 0 heterocycles. The molecule has 0 amide bonds. The van der Waals surface area contributed by atoms with Crippen molar-refractivity contribution < 1.29 is 14.6 Å². The van der Waals surface area contributed by atoms with Gasteiger partial charge in [0.25, 0.3) is 0 Å². The fourth-order valence-electron chi connectivity index (χ4n) is 2.19. The first-order chi connectivity index (χ1) is 9.70. The molecule has 20 heavy (non-hydrogen) atoms. The summed E-state index contributed by atoms with van der Waals surface area (Å²) < 4.78 is 10.7. The summed E-state index contributed by atoms with van der Waals surface area (Å²) in [4.78, 5) is 2.27. The maximum atomic E-state index is 10.1.